The molecule has 92 valence electrons. The Bertz CT molecular complexity index is 349. The van der Waals surface area contributed by atoms with Crippen molar-refractivity contribution in [1.82, 2.24) is 9.78 Å². The third kappa shape index (κ3) is 3.72. The van der Waals surface area contributed by atoms with Crippen molar-refractivity contribution >= 4 is 10.8 Å². The van der Waals surface area contributed by atoms with Gasteiger partial charge < -0.3 is 5.73 Å². The summed E-state index contributed by atoms with van der Waals surface area (Å²) in [5, 5.41) is 4.53. The number of aromatic nitrogens is 2. The predicted octanol–water partition coefficient (Wildman–Crippen LogP) is 1.45. The molecular weight excluding hydrogens is 222 g/mol. The molecule has 0 aliphatic carbocycles. The molecule has 1 aromatic rings. The summed E-state index contributed by atoms with van der Waals surface area (Å²) in [7, 11) is -0.871. The van der Waals surface area contributed by atoms with Crippen LogP contribution in [0.5, 0.6) is 0 Å². The van der Waals surface area contributed by atoms with Crippen LogP contribution in [0.2, 0.25) is 0 Å². The van der Waals surface area contributed by atoms with Gasteiger partial charge in [0.1, 0.15) is 0 Å². The van der Waals surface area contributed by atoms with E-state index >= 15 is 0 Å². The molecule has 1 heterocycles. The molecule has 0 saturated heterocycles. The molecule has 0 saturated carbocycles. The minimum Gasteiger partial charge on any atom is -0.330 e. The molecule has 2 N–H and O–H groups in total. The van der Waals surface area contributed by atoms with Gasteiger partial charge >= 0.3 is 0 Å². The Morgan fingerprint density at radius 3 is 2.69 bits per heavy atom. The van der Waals surface area contributed by atoms with Crippen LogP contribution < -0.4 is 5.73 Å². The van der Waals surface area contributed by atoms with E-state index in [2.05, 4.69) is 18.9 Å². The van der Waals surface area contributed by atoms with Crippen molar-refractivity contribution in [3.8, 4) is 0 Å². The summed E-state index contributed by atoms with van der Waals surface area (Å²) in [6.45, 7) is 6.71. The van der Waals surface area contributed by atoms with Gasteiger partial charge in [0.05, 0.1) is 11.4 Å². The zero-order chi connectivity index (χ0) is 12.1. The molecule has 0 aliphatic rings. The van der Waals surface area contributed by atoms with Gasteiger partial charge in [-0.15, -0.1) is 0 Å². The van der Waals surface area contributed by atoms with Gasteiger partial charge in [-0.05, 0) is 32.9 Å². The third-order valence-electron chi connectivity index (χ3n) is 2.50. The number of hydrogen-bond acceptors (Lipinski definition) is 3. The zero-order valence-corrected chi connectivity index (χ0v) is 11.0. The summed E-state index contributed by atoms with van der Waals surface area (Å²) < 4.78 is 13.8. The van der Waals surface area contributed by atoms with Gasteiger partial charge in [0.25, 0.3) is 0 Å². The van der Waals surface area contributed by atoms with E-state index in [9.17, 15) is 4.21 Å². The van der Waals surface area contributed by atoms with Crippen LogP contribution in [-0.2, 0) is 16.6 Å². The second kappa shape index (κ2) is 6.15. The maximum absolute atomic E-state index is 11.9. The van der Waals surface area contributed by atoms with E-state index in [4.69, 9.17) is 5.73 Å². The molecule has 1 aromatic heterocycles. The van der Waals surface area contributed by atoms with Crippen molar-refractivity contribution in [3.63, 3.8) is 0 Å². The van der Waals surface area contributed by atoms with E-state index < -0.39 is 10.8 Å². The van der Waals surface area contributed by atoms with Crippen molar-refractivity contribution in [1.29, 1.82) is 0 Å². The van der Waals surface area contributed by atoms with Gasteiger partial charge in [-0.2, -0.15) is 5.10 Å². The van der Waals surface area contributed by atoms with Gasteiger partial charge in [0.2, 0.25) is 0 Å². The molecule has 1 rings (SSSR count). The molecule has 0 radical (unpaired) electrons. The predicted molar refractivity (Wildman–Crippen MR) is 67.6 cm³/mol. The molecule has 2 unspecified atom stereocenters. The van der Waals surface area contributed by atoms with Gasteiger partial charge in [-0.1, -0.05) is 6.92 Å². The first-order valence-electron chi connectivity index (χ1n) is 5.66. The van der Waals surface area contributed by atoms with Gasteiger partial charge in [-0.25, -0.2) is 0 Å². The molecule has 0 aliphatic heterocycles. The number of hydrogen-bond donors (Lipinski definition) is 1. The fourth-order valence-electron chi connectivity index (χ4n) is 1.40. The lowest BCUT2D eigenvalue weighted by atomic mass is 10.3. The van der Waals surface area contributed by atoms with Crippen molar-refractivity contribution in [3.05, 3.63) is 18.0 Å². The molecule has 4 nitrogen and oxygen atoms in total. The van der Waals surface area contributed by atoms with E-state index in [1.807, 2.05) is 23.9 Å². The molecule has 0 aromatic carbocycles. The SMILES string of the molecule is CC(C)n1ccc(CS(=O)C(C)CCN)n1. The largest absolute Gasteiger partial charge is 0.330 e. The molecular formula is C11H21N3OS. The lowest BCUT2D eigenvalue weighted by molar-refractivity contribution is 0.528. The highest BCUT2D eigenvalue weighted by molar-refractivity contribution is 7.84. The highest BCUT2D eigenvalue weighted by Crippen LogP contribution is 2.09. The van der Waals surface area contributed by atoms with Gasteiger partial charge in [0, 0.05) is 28.3 Å². The van der Waals surface area contributed by atoms with Crippen LogP contribution in [0.15, 0.2) is 12.3 Å². The average molecular weight is 243 g/mol. The monoisotopic (exact) mass is 243 g/mol. The first-order valence-corrected chi connectivity index (χ1v) is 7.04. The Kier molecular flexibility index (Phi) is 5.15. The zero-order valence-electron chi connectivity index (χ0n) is 10.2. The Hall–Kier alpha value is -0.680. The summed E-state index contributed by atoms with van der Waals surface area (Å²) in [6, 6.07) is 2.29. The standard InChI is InChI=1S/C11H21N3OS/c1-9(2)14-7-5-11(13-14)8-16(15)10(3)4-6-12/h5,7,9-10H,4,6,8,12H2,1-3H3. The lowest BCUT2D eigenvalue weighted by Crippen LogP contribution is -2.17. The molecule has 0 fully saturated rings. The van der Waals surface area contributed by atoms with Gasteiger partial charge in [0.15, 0.2) is 0 Å². The summed E-state index contributed by atoms with van der Waals surface area (Å²) in [4.78, 5) is 0. The summed E-state index contributed by atoms with van der Waals surface area (Å²) in [5.74, 6) is 0.529. The molecule has 5 heteroatoms. The highest BCUT2D eigenvalue weighted by atomic mass is 32.2. The Balaban J connectivity index is 2.56. The summed E-state index contributed by atoms with van der Waals surface area (Å²) >= 11 is 0. The second-order valence-electron chi connectivity index (χ2n) is 4.29. The van der Waals surface area contributed by atoms with Crippen LogP contribution in [0.1, 0.15) is 38.9 Å². The second-order valence-corrected chi connectivity index (χ2v) is 6.15. The Morgan fingerprint density at radius 1 is 1.50 bits per heavy atom. The van der Waals surface area contributed by atoms with Crippen molar-refractivity contribution in [2.45, 2.75) is 44.2 Å². The van der Waals surface area contributed by atoms with Crippen LogP contribution in [0.3, 0.4) is 0 Å². The van der Waals surface area contributed by atoms with E-state index in [0.29, 0.717) is 18.3 Å². The normalized spacial score (nSPS) is 15.3. The first kappa shape index (κ1) is 13.4. The Morgan fingerprint density at radius 2 is 2.19 bits per heavy atom. The van der Waals surface area contributed by atoms with Crippen LogP contribution in [0, 0.1) is 0 Å². The van der Waals surface area contributed by atoms with E-state index in [1.54, 1.807) is 0 Å². The molecule has 0 bridgehead atoms. The van der Waals surface area contributed by atoms with Crippen LogP contribution in [-0.4, -0.2) is 25.8 Å². The maximum Gasteiger partial charge on any atom is 0.0749 e. The topological polar surface area (TPSA) is 60.9 Å². The Labute approximate surface area is 99.7 Å². The molecule has 2 atom stereocenters. The quantitative estimate of drug-likeness (QED) is 0.822. The maximum atomic E-state index is 11.9. The fourth-order valence-corrected chi connectivity index (χ4v) is 2.53. The average Bonchev–Trinajstić information content (AvgIpc) is 2.66. The number of nitrogens with two attached hydrogens (primary N) is 1. The number of rotatable bonds is 6. The summed E-state index contributed by atoms with van der Waals surface area (Å²) in [6.07, 6.45) is 2.74. The first-order chi connectivity index (χ1) is 7.54. The van der Waals surface area contributed by atoms with Crippen molar-refractivity contribution < 1.29 is 4.21 Å². The van der Waals surface area contributed by atoms with Crippen LogP contribution in [0.25, 0.3) is 0 Å². The fraction of sp³-hybridized carbons (Fsp3) is 0.727. The summed E-state index contributed by atoms with van der Waals surface area (Å²) in [5.41, 5.74) is 6.35. The molecule has 16 heavy (non-hydrogen) atoms. The molecule has 0 spiro atoms. The minimum atomic E-state index is -0.871. The highest BCUT2D eigenvalue weighted by Gasteiger charge is 2.12. The lowest BCUT2D eigenvalue weighted by Gasteiger charge is -2.08. The van der Waals surface area contributed by atoms with Crippen LogP contribution >= 0.6 is 0 Å². The van der Waals surface area contributed by atoms with Gasteiger partial charge in [-0.3, -0.25) is 8.89 Å². The van der Waals surface area contributed by atoms with Crippen LogP contribution in [0.4, 0.5) is 0 Å². The smallest absolute Gasteiger partial charge is 0.0749 e. The van der Waals surface area contributed by atoms with E-state index in [-0.39, 0.29) is 5.25 Å². The van der Waals surface area contributed by atoms with E-state index in [0.717, 1.165) is 12.1 Å². The van der Waals surface area contributed by atoms with E-state index in [1.165, 1.54) is 0 Å². The number of nitrogens with zero attached hydrogens (tertiary/aromatic N) is 2. The minimum absolute atomic E-state index is 0.147. The van der Waals surface area contributed by atoms with Crippen molar-refractivity contribution in [2.24, 2.45) is 5.73 Å². The van der Waals surface area contributed by atoms with Crippen molar-refractivity contribution in [2.75, 3.05) is 6.54 Å². The third-order valence-corrected chi connectivity index (χ3v) is 4.22. The molecule has 0 amide bonds.